The van der Waals surface area contributed by atoms with E-state index in [0.29, 0.717) is 42.7 Å². The first-order valence-corrected chi connectivity index (χ1v) is 8.69. The number of hydrogen-bond donors (Lipinski definition) is 2. The Labute approximate surface area is 156 Å². The number of nitrogens with one attached hydrogen (secondary N) is 1. The average Bonchev–Trinajstić information content (AvgIpc) is 2.68. The molecule has 3 amide bonds. The largest absolute Gasteiger partial charge is 0.366 e. The van der Waals surface area contributed by atoms with E-state index < -0.39 is 11.7 Å². The highest BCUT2D eigenvalue weighted by atomic mass is 19.1. The summed E-state index contributed by atoms with van der Waals surface area (Å²) in [4.78, 5) is 37.8. The summed E-state index contributed by atoms with van der Waals surface area (Å²) in [5, 5.41) is 2.81. The fraction of sp³-hybridized carbons (Fsp3) is 0.250. The van der Waals surface area contributed by atoms with Crippen LogP contribution in [0.3, 0.4) is 0 Å². The number of rotatable bonds is 4. The van der Waals surface area contributed by atoms with Crippen LogP contribution >= 0.6 is 0 Å². The number of primary amides is 1. The van der Waals surface area contributed by atoms with E-state index in [1.807, 2.05) is 0 Å². The quantitative estimate of drug-likeness (QED) is 0.867. The van der Waals surface area contributed by atoms with Gasteiger partial charge in [0, 0.05) is 29.9 Å². The Hall–Kier alpha value is -3.22. The number of amides is 3. The van der Waals surface area contributed by atoms with Gasteiger partial charge in [-0.25, -0.2) is 4.39 Å². The zero-order valence-corrected chi connectivity index (χ0v) is 14.7. The van der Waals surface area contributed by atoms with Gasteiger partial charge in [-0.05, 0) is 61.4 Å². The van der Waals surface area contributed by atoms with Gasteiger partial charge in [-0.1, -0.05) is 0 Å². The Morgan fingerprint density at radius 3 is 2.26 bits per heavy atom. The molecule has 1 aliphatic heterocycles. The third-order valence-electron chi connectivity index (χ3n) is 4.61. The lowest BCUT2D eigenvalue weighted by atomic mass is 9.96. The molecular formula is C20H20FN3O3. The van der Waals surface area contributed by atoms with Crippen LogP contribution < -0.4 is 11.1 Å². The monoisotopic (exact) mass is 369 g/mol. The molecule has 1 atom stereocenters. The maximum atomic E-state index is 13.0. The molecule has 7 heteroatoms. The van der Waals surface area contributed by atoms with Crippen molar-refractivity contribution in [3.8, 4) is 0 Å². The van der Waals surface area contributed by atoms with Crippen molar-refractivity contribution in [1.82, 2.24) is 4.90 Å². The molecule has 0 aromatic heterocycles. The normalized spacial score (nSPS) is 16.6. The highest BCUT2D eigenvalue weighted by molar-refractivity contribution is 5.97. The molecule has 2 aromatic rings. The number of halogens is 1. The summed E-state index contributed by atoms with van der Waals surface area (Å²) in [5.74, 6) is -1.66. The van der Waals surface area contributed by atoms with Crippen LogP contribution in [0.25, 0.3) is 0 Å². The van der Waals surface area contributed by atoms with Crippen molar-refractivity contribution in [2.24, 2.45) is 11.7 Å². The molecule has 3 rings (SSSR count). The first-order chi connectivity index (χ1) is 12.9. The summed E-state index contributed by atoms with van der Waals surface area (Å²) >= 11 is 0. The van der Waals surface area contributed by atoms with Gasteiger partial charge in [0.05, 0.1) is 5.92 Å². The number of anilines is 1. The Balaban J connectivity index is 1.63. The van der Waals surface area contributed by atoms with Gasteiger partial charge in [-0.3, -0.25) is 14.4 Å². The van der Waals surface area contributed by atoms with Crippen LogP contribution in [0.4, 0.5) is 10.1 Å². The van der Waals surface area contributed by atoms with E-state index in [2.05, 4.69) is 5.32 Å². The number of hydrogen-bond acceptors (Lipinski definition) is 3. The molecule has 6 nitrogen and oxygen atoms in total. The zero-order valence-electron chi connectivity index (χ0n) is 14.7. The van der Waals surface area contributed by atoms with Crippen molar-refractivity contribution < 1.29 is 18.8 Å². The lowest BCUT2D eigenvalue weighted by Crippen LogP contribution is -2.43. The lowest BCUT2D eigenvalue weighted by Gasteiger charge is -2.32. The summed E-state index contributed by atoms with van der Waals surface area (Å²) in [6.07, 6.45) is 1.39. The molecule has 1 fully saturated rings. The summed E-state index contributed by atoms with van der Waals surface area (Å²) in [7, 11) is 0. The van der Waals surface area contributed by atoms with Crippen molar-refractivity contribution in [3.05, 3.63) is 65.5 Å². The molecule has 0 spiro atoms. The van der Waals surface area contributed by atoms with Gasteiger partial charge < -0.3 is 16.0 Å². The Bertz CT molecular complexity index is 850. The molecule has 1 heterocycles. The molecule has 0 aliphatic carbocycles. The topological polar surface area (TPSA) is 92.5 Å². The number of carbonyl (C=O) groups excluding carboxylic acids is 3. The van der Waals surface area contributed by atoms with E-state index in [1.165, 1.54) is 24.3 Å². The van der Waals surface area contributed by atoms with E-state index >= 15 is 0 Å². The molecule has 2 aromatic carbocycles. The minimum Gasteiger partial charge on any atom is -0.366 e. The molecule has 0 radical (unpaired) electrons. The Kier molecular flexibility index (Phi) is 5.49. The third kappa shape index (κ3) is 4.49. The van der Waals surface area contributed by atoms with Crippen LogP contribution in [-0.4, -0.2) is 35.7 Å². The molecule has 1 aliphatic rings. The molecule has 0 saturated carbocycles. The summed E-state index contributed by atoms with van der Waals surface area (Å²) in [6.45, 7) is 0.870. The molecule has 1 saturated heterocycles. The van der Waals surface area contributed by atoms with E-state index in [1.54, 1.807) is 29.2 Å². The second-order valence-electron chi connectivity index (χ2n) is 6.53. The fourth-order valence-electron chi connectivity index (χ4n) is 3.11. The summed E-state index contributed by atoms with van der Waals surface area (Å²) in [6, 6.07) is 11.7. The van der Waals surface area contributed by atoms with E-state index in [9.17, 15) is 18.8 Å². The number of nitrogens with two attached hydrogens (primary N) is 1. The fourth-order valence-corrected chi connectivity index (χ4v) is 3.11. The number of likely N-dealkylation sites (tertiary alicyclic amines) is 1. The van der Waals surface area contributed by atoms with Crippen LogP contribution in [0, 0.1) is 11.7 Å². The van der Waals surface area contributed by atoms with Gasteiger partial charge in [-0.2, -0.15) is 0 Å². The van der Waals surface area contributed by atoms with Gasteiger partial charge in [0.2, 0.25) is 11.8 Å². The maximum absolute atomic E-state index is 13.0. The first-order valence-electron chi connectivity index (χ1n) is 8.69. The van der Waals surface area contributed by atoms with Crippen LogP contribution in [0.15, 0.2) is 48.5 Å². The minimum absolute atomic E-state index is 0.182. The SMILES string of the molecule is NC(=O)c1ccc(NC(=O)C2CCCN(C(=O)c3ccc(F)cc3)C2)cc1. The van der Waals surface area contributed by atoms with Crippen molar-refractivity contribution in [1.29, 1.82) is 0 Å². The van der Waals surface area contributed by atoms with Gasteiger partial charge in [0.15, 0.2) is 0 Å². The third-order valence-corrected chi connectivity index (χ3v) is 4.61. The Morgan fingerprint density at radius 2 is 1.63 bits per heavy atom. The summed E-state index contributed by atoms with van der Waals surface area (Å²) < 4.78 is 13.0. The van der Waals surface area contributed by atoms with Crippen molar-refractivity contribution in [2.45, 2.75) is 12.8 Å². The van der Waals surface area contributed by atoms with Crippen molar-refractivity contribution >= 4 is 23.4 Å². The number of carbonyl (C=O) groups is 3. The predicted octanol–water partition coefficient (Wildman–Crippen LogP) is 2.42. The van der Waals surface area contributed by atoms with E-state index in [0.717, 1.165) is 0 Å². The molecule has 1 unspecified atom stereocenters. The maximum Gasteiger partial charge on any atom is 0.253 e. The predicted molar refractivity (Wildman–Crippen MR) is 98.6 cm³/mol. The van der Waals surface area contributed by atoms with Gasteiger partial charge >= 0.3 is 0 Å². The van der Waals surface area contributed by atoms with Gasteiger partial charge in [-0.15, -0.1) is 0 Å². The number of piperidine rings is 1. The van der Waals surface area contributed by atoms with Gasteiger partial charge in [0.25, 0.3) is 5.91 Å². The highest BCUT2D eigenvalue weighted by Gasteiger charge is 2.29. The van der Waals surface area contributed by atoms with Crippen molar-refractivity contribution in [3.63, 3.8) is 0 Å². The molecular weight excluding hydrogens is 349 g/mol. The molecule has 140 valence electrons. The second-order valence-corrected chi connectivity index (χ2v) is 6.53. The summed E-state index contributed by atoms with van der Waals surface area (Å²) in [5.41, 5.74) is 6.52. The number of nitrogens with zero attached hydrogens (tertiary/aromatic N) is 1. The standard InChI is InChI=1S/C20H20FN3O3/c21-16-7-3-14(4-8-16)20(27)24-11-1-2-15(12-24)19(26)23-17-9-5-13(6-10-17)18(22)25/h3-10,15H,1-2,11-12H2,(H2,22,25)(H,23,26). The van der Waals surface area contributed by atoms with Crippen LogP contribution in [0.5, 0.6) is 0 Å². The highest BCUT2D eigenvalue weighted by Crippen LogP contribution is 2.21. The minimum atomic E-state index is -0.532. The lowest BCUT2D eigenvalue weighted by molar-refractivity contribution is -0.121. The van der Waals surface area contributed by atoms with Crippen LogP contribution in [0.1, 0.15) is 33.6 Å². The van der Waals surface area contributed by atoms with E-state index in [4.69, 9.17) is 5.73 Å². The van der Waals surface area contributed by atoms with Crippen LogP contribution in [-0.2, 0) is 4.79 Å². The van der Waals surface area contributed by atoms with Crippen LogP contribution in [0.2, 0.25) is 0 Å². The molecule has 27 heavy (non-hydrogen) atoms. The average molecular weight is 369 g/mol. The number of benzene rings is 2. The van der Waals surface area contributed by atoms with E-state index in [-0.39, 0.29) is 17.7 Å². The molecule has 3 N–H and O–H groups in total. The zero-order chi connectivity index (χ0) is 19.4. The first kappa shape index (κ1) is 18.6. The van der Waals surface area contributed by atoms with Gasteiger partial charge in [0.1, 0.15) is 5.82 Å². The molecule has 0 bridgehead atoms. The second kappa shape index (κ2) is 7.99. The van der Waals surface area contributed by atoms with Crippen molar-refractivity contribution in [2.75, 3.05) is 18.4 Å². The Morgan fingerprint density at radius 1 is 1.00 bits per heavy atom. The smallest absolute Gasteiger partial charge is 0.253 e.